The summed E-state index contributed by atoms with van der Waals surface area (Å²) in [5.74, 6) is 0.112. The van der Waals surface area contributed by atoms with Crippen molar-refractivity contribution in [3.8, 4) is 0 Å². The minimum atomic E-state index is -0.157. The summed E-state index contributed by atoms with van der Waals surface area (Å²) in [6.45, 7) is 2.61. The maximum absolute atomic E-state index is 12.0. The van der Waals surface area contributed by atoms with Crippen molar-refractivity contribution < 1.29 is 4.79 Å². The number of hydrogen-bond donors (Lipinski definition) is 2. The molecule has 0 spiro atoms. The van der Waals surface area contributed by atoms with Gasteiger partial charge in [-0.1, -0.05) is 19.3 Å². The smallest absolute Gasteiger partial charge is 0.237 e. The molecule has 1 aromatic rings. The first kappa shape index (κ1) is 14.0. The van der Waals surface area contributed by atoms with Crippen LogP contribution in [0.15, 0.2) is 24.5 Å². The highest BCUT2D eigenvalue weighted by Gasteiger charge is 2.19. The summed E-state index contributed by atoms with van der Waals surface area (Å²) in [6.07, 6.45) is 9.58. The average Bonchev–Trinajstić information content (AvgIpc) is 2.47. The van der Waals surface area contributed by atoms with E-state index in [1.54, 1.807) is 12.4 Å². The SMILES string of the molecule is CC(NCc1ccncc1)C(=O)NC1CCCCC1. The molecule has 1 heterocycles. The zero-order valence-electron chi connectivity index (χ0n) is 11.6. The van der Waals surface area contributed by atoms with Gasteiger partial charge in [0.15, 0.2) is 0 Å². The maximum Gasteiger partial charge on any atom is 0.237 e. The van der Waals surface area contributed by atoms with Gasteiger partial charge in [0.25, 0.3) is 0 Å². The summed E-state index contributed by atoms with van der Waals surface area (Å²) in [5, 5.41) is 6.39. The Labute approximate surface area is 115 Å². The van der Waals surface area contributed by atoms with Gasteiger partial charge in [0.2, 0.25) is 5.91 Å². The van der Waals surface area contributed by atoms with Crippen molar-refractivity contribution in [1.82, 2.24) is 15.6 Å². The second kappa shape index (κ2) is 7.24. The summed E-state index contributed by atoms with van der Waals surface area (Å²) < 4.78 is 0. The molecule has 4 nitrogen and oxygen atoms in total. The first-order chi connectivity index (χ1) is 9.25. The molecule has 0 saturated heterocycles. The van der Waals surface area contributed by atoms with Gasteiger partial charge in [-0.2, -0.15) is 0 Å². The summed E-state index contributed by atoms with van der Waals surface area (Å²) in [6, 6.07) is 4.14. The molecule has 19 heavy (non-hydrogen) atoms. The number of nitrogens with one attached hydrogen (secondary N) is 2. The van der Waals surface area contributed by atoms with Crippen molar-refractivity contribution in [1.29, 1.82) is 0 Å². The van der Waals surface area contributed by atoms with Crippen LogP contribution < -0.4 is 10.6 Å². The Morgan fingerprint density at radius 2 is 2.00 bits per heavy atom. The highest BCUT2D eigenvalue weighted by molar-refractivity contribution is 5.81. The van der Waals surface area contributed by atoms with Gasteiger partial charge in [0.05, 0.1) is 6.04 Å². The molecule has 1 fully saturated rings. The fraction of sp³-hybridized carbons (Fsp3) is 0.600. The second-order valence-electron chi connectivity index (χ2n) is 5.30. The molecule has 1 unspecified atom stereocenters. The van der Waals surface area contributed by atoms with Gasteiger partial charge < -0.3 is 10.6 Å². The van der Waals surface area contributed by atoms with Crippen LogP contribution in [0.4, 0.5) is 0 Å². The molecule has 0 aromatic carbocycles. The van der Waals surface area contributed by atoms with E-state index in [0.717, 1.165) is 18.4 Å². The summed E-state index contributed by atoms with van der Waals surface area (Å²) in [7, 11) is 0. The quantitative estimate of drug-likeness (QED) is 0.852. The van der Waals surface area contributed by atoms with E-state index in [1.165, 1.54) is 19.3 Å². The number of carbonyl (C=O) groups excluding carboxylic acids is 1. The molecule has 1 atom stereocenters. The zero-order valence-corrected chi connectivity index (χ0v) is 11.6. The summed E-state index contributed by atoms with van der Waals surface area (Å²) in [5.41, 5.74) is 1.15. The largest absolute Gasteiger partial charge is 0.352 e. The summed E-state index contributed by atoms with van der Waals surface area (Å²) >= 11 is 0. The van der Waals surface area contributed by atoms with E-state index in [0.29, 0.717) is 12.6 Å². The van der Waals surface area contributed by atoms with Crippen LogP contribution in [0.3, 0.4) is 0 Å². The standard InChI is InChI=1S/C15H23N3O/c1-12(17-11-13-7-9-16-10-8-13)15(19)18-14-5-3-2-4-6-14/h7-10,12,14,17H,2-6,11H2,1H3,(H,18,19). The highest BCUT2D eigenvalue weighted by Crippen LogP contribution is 2.17. The lowest BCUT2D eigenvalue weighted by Gasteiger charge is -2.24. The zero-order chi connectivity index (χ0) is 13.5. The Hall–Kier alpha value is -1.42. The van der Waals surface area contributed by atoms with E-state index in [9.17, 15) is 4.79 Å². The molecular weight excluding hydrogens is 238 g/mol. The van der Waals surface area contributed by atoms with Crippen LogP contribution in [-0.2, 0) is 11.3 Å². The van der Waals surface area contributed by atoms with Crippen molar-refractivity contribution >= 4 is 5.91 Å². The molecule has 2 rings (SSSR count). The third-order valence-corrected chi connectivity index (χ3v) is 3.71. The van der Waals surface area contributed by atoms with Crippen LogP contribution in [0, 0.1) is 0 Å². The van der Waals surface area contributed by atoms with E-state index >= 15 is 0 Å². The lowest BCUT2D eigenvalue weighted by atomic mass is 9.95. The lowest BCUT2D eigenvalue weighted by molar-refractivity contribution is -0.123. The Balaban J connectivity index is 1.72. The van der Waals surface area contributed by atoms with Crippen LogP contribution in [0.25, 0.3) is 0 Å². The Bertz CT molecular complexity index is 388. The van der Waals surface area contributed by atoms with Crippen molar-refractivity contribution in [2.24, 2.45) is 0 Å². The molecule has 0 radical (unpaired) electrons. The van der Waals surface area contributed by atoms with E-state index in [-0.39, 0.29) is 11.9 Å². The molecule has 2 N–H and O–H groups in total. The molecular formula is C15H23N3O. The number of pyridine rings is 1. The molecule has 1 aliphatic rings. The predicted octanol–water partition coefficient (Wildman–Crippen LogP) is 2.01. The molecule has 0 aliphatic heterocycles. The molecule has 4 heteroatoms. The fourth-order valence-electron chi connectivity index (χ4n) is 2.44. The first-order valence-corrected chi connectivity index (χ1v) is 7.18. The maximum atomic E-state index is 12.0. The molecule has 0 bridgehead atoms. The van der Waals surface area contributed by atoms with Gasteiger partial charge in [-0.05, 0) is 37.5 Å². The monoisotopic (exact) mass is 261 g/mol. The Morgan fingerprint density at radius 1 is 1.32 bits per heavy atom. The topological polar surface area (TPSA) is 54.0 Å². The number of nitrogens with zero attached hydrogens (tertiary/aromatic N) is 1. The molecule has 1 saturated carbocycles. The second-order valence-corrected chi connectivity index (χ2v) is 5.30. The van der Waals surface area contributed by atoms with Crippen LogP contribution in [0.2, 0.25) is 0 Å². The van der Waals surface area contributed by atoms with Crippen molar-refractivity contribution in [2.75, 3.05) is 0 Å². The van der Waals surface area contributed by atoms with Gasteiger partial charge in [-0.25, -0.2) is 0 Å². The number of aromatic nitrogens is 1. The number of hydrogen-bond acceptors (Lipinski definition) is 3. The Kier molecular flexibility index (Phi) is 5.33. The molecule has 1 aromatic heterocycles. The summed E-state index contributed by atoms with van der Waals surface area (Å²) in [4.78, 5) is 16.0. The van der Waals surface area contributed by atoms with E-state index in [2.05, 4.69) is 15.6 Å². The van der Waals surface area contributed by atoms with Gasteiger partial charge in [-0.15, -0.1) is 0 Å². The van der Waals surface area contributed by atoms with Crippen molar-refractivity contribution in [3.05, 3.63) is 30.1 Å². The predicted molar refractivity (Wildman–Crippen MR) is 75.6 cm³/mol. The third kappa shape index (κ3) is 4.63. The van der Waals surface area contributed by atoms with E-state index < -0.39 is 0 Å². The average molecular weight is 261 g/mol. The normalized spacial score (nSPS) is 17.9. The minimum Gasteiger partial charge on any atom is -0.352 e. The van der Waals surface area contributed by atoms with Crippen LogP contribution >= 0.6 is 0 Å². The fourth-order valence-corrected chi connectivity index (χ4v) is 2.44. The lowest BCUT2D eigenvalue weighted by Crippen LogP contribution is -2.46. The van der Waals surface area contributed by atoms with Gasteiger partial charge in [0.1, 0.15) is 0 Å². The van der Waals surface area contributed by atoms with Crippen molar-refractivity contribution in [3.63, 3.8) is 0 Å². The number of carbonyl (C=O) groups is 1. The van der Waals surface area contributed by atoms with E-state index in [4.69, 9.17) is 0 Å². The van der Waals surface area contributed by atoms with Gasteiger partial charge in [-0.3, -0.25) is 9.78 Å². The number of amides is 1. The van der Waals surface area contributed by atoms with Gasteiger partial charge >= 0.3 is 0 Å². The minimum absolute atomic E-state index is 0.112. The van der Waals surface area contributed by atoms with Crippen LogP contribution in [-0.4, -0.2) is 23.0 Å². The van der Waals surface area contributed by atoms with E-state index in [1.807, 2.05) is 19.1 Å². The first-order valence-electron chi connectivity index (χ1n) is 7.18. The van der Waals surface area contributed by atoms with Crippen molar-refractivity contribution in [2.45, 2.75) is 57.7 Å². The van der Waals surface area contributed by atoms with Crippen LogP contribution in [0.1, 0.15) is 44.6 Å². The Morgan fingerprint density at radius 3 is 2.68 bits per heavy atom. The number of rotatable bonds is 5. The van der Waals surface area contributed by atoms with Gasteiger partial charge in [0, 0.05) is 25.0 Å². The third-order valence-electron chi connectivity index (χ3n) is 3.71. The molecule has 1 amide bonds. The molecule has 1 aliphatic carbocycles. The highest BCUT2D eigenvalue weighted by atomic mass is 16.2. The molecule has 104 valence electrons. The van der Waals surface area contributed by atoms with Crippen LogP contribution in [0.5, 0.6) is 0 Å².